The standard InChI is InChI=1S/C24H18Cl4N2O3/c25-18-9-5-4-8-16(18)22(31)30-23(32)29-15-10-11-20(19(26)12-15)33-13-17-21(24(17,27)28)14-6-2-1-3-7-14/h1-12,17,21H,13H2,(H2,29,30,31,32). The maximum absolute atomic E-state index is 12.2. The average Bonchev–Trinajstić information content (AvgIpc) is 3.34. The van der Waals surface area contributed by atoms with E-state index in [1.807, 2.05) is 30.3 Å². The molecule has 3 aromatic rings. The third-order valence-corrected chi connectivity index (χ3v) is 6.97. The van der Waals surface area contributed by atoms with E-state index in [1.165, 1.54) is 12.1 Å². The Morgan fingerprint density at radius 1 is 0.909 bits per heavy atom. The van der Waals surface area contributed by atoms with Crippen molar-refractivity contribution in [2.24, 2.45) is 5.92 Å². The molecule has 3 amide bonds. The molecule has 2 N–H and O–H groups in total. The molecule has 0 aliphatic heterocycles. The van der Waals surface area contributed by atoms with Crippen molar-refractivity contribution in [2.45, 2.75) is 10.3 Å². The van der Waals surface area contributed by atoms with Crippen molar-refractivity contribution < 1.29 is 14.3 Å². The van der Waals surface area contributed by atoms with Crippen LogP contribution in [0.4, 0.5) is 10.5 Å². The summed E-state index contributed by atoms with van der Waals surface area (Å²) in [5.74, 6) is -0.301. The molecule has 0 bridgehead atoms. The highest BCUT2D eigenvalue weighted by Crippen LogP contribution is 2.64. The molecule has 1 saturated carbocycles. The summed E-state index contributed by atoms with van der Waals surface area (Å²) in [5, 5.41) is 5.31. The van der Waals surface area contributed by atoms with E-state index in [4.69, 9.17) is 51.1 Å². The second kappa shape index (κ2) is 9.82. The number of rotatable bonds is 6. The summed E-state index contributed by atoms with van der Waals surface area (Å²) >= 11 is 25.2. The lowest BCUT2D eigenvalue weighted by molar-refractivity contribution is 0.0967. The summed E-state index contributed by atoms with van der Waals surface area (Å²) in [6, 6.07) is 20.2. The first-order chi connectivity index (χ1) is 15.8. The highest BCUT2D eigenvalue weighted by Gasteiger charge is 2.64. The number of anilines is 1. The van der Waals surface area contributed by atoms with E-state index in [-0.39, 0.29) is 34.1 Å². The van der Waals surface area contributed by atoms with Gasteiger partial charge >= 0.3 is 6.03 Å². The minimum Gasteiger partial charge on any atom is -0.492 e. The van der Waals surface area contributed by atoms with Gasteiger partial charge in [-0.2, -0.15) is 0 Å². The van der Waals surface area contributed by atoms with Gasteiger partial charge in [-0.3, -0.25) is 10.1 Å². The number of amides is 3. The van der Waals surface area contributed by atoms with Gasteiger partial charge in [-0.05, 0) is 35.9 Å². The Morgan fingerprint density at radius 3 is 2.30 bits per heavy atom. The number of benzene rings is 3. The number of carbonyl (C=O) groups excluding carboxylic acids is 2. The van der Waals surface area contributed by atoms with E-state index >= 15 is 0 Å². The van der Waals surface area contributed by atoms with Gasteiger partial charge in [0.1, 0.15) is 10.1 Å². The number of halogens is 4. The van der Waals surface area contributed by atoms with Gasteiger partial charge in [0.2, 0.25) is 0 Å². The third kappa shape index (κ3) is 5.39. The molecule has 33 heavy (non-hydrogen) atoms. The van der Waals surface area contributed by atoms with Crippen LogP contribution in [-0.2, 0) is 0 Å². The SMILES string of the molecule is O=C(NC(=O)c1ccccc1Cl)Nc1ccc(OCC2C(c3ccccc3)C2(Cl)Cl)c(Cl)c1. The Morgan fingerprint density at radius 2 is 1.61 bits per heavy atom. The Balaban J connectivity index is 1.33. The number of alkyl halides is 2. The highest BCUT2D eigenvalue weighted by atomic mass is 35.5. The summed E-state index contributed by atoms with van der Waals surface area (Å²) in [4.78, 5) is 24.4. The molecule has 0 saturated heterocycles. The molecule has 9 heteroatoms. The molecule has 0 radical (unpaired) electrons. The summed E-state index contributed by atoms with van der Waals surface area (Å²) in [6.45, 7) is 0.284. The smallest absolute Gasteiger partial charge is 0.326 e. The van der Waals surface area contributed by atoms with E-state index in [0.717, 1.165) is 5.56 Å². The number of ether oxygens (including phenoxy) is 1. The largest absolute Gasteiger partial charge is 0.492 e. The summed E-state index contributed by atoms with van der Waals surface area (Å²) in [7, 11) is 0. The molecule has 4 rings (SSSR count). The first-order valence-electron chi connectivity index (χ1n) is 9.99. The first kappa shape index (κ1) is 23.7. The molecule has 1 aliphatic rings. The fourth-order valence-corrected chi connectivity index (χ4v) is 4.83. The number of hydrogen-bond donors (Lipinski definition) is 2. The molecule has 2 atom stereocenters. The number of carbonyl (C=O) groups is 2. The van der Waals surface area contributed by atoms with Gasteiger partial charge in [0, 0.05) is 17.5 Å². The number of hydrogen-bond acceptors (Lipinski definition) is 3. The van der Waals surface area contributed by atoms with Crippen molar-refractivity contribution in [3.8, 4) is 5.75 Å². The van der Waals surface area contributed by atoms with Crippen molar-refractivity contribution in [1.82, 2.24) is 5.32 Å². The summed E-state index contributed by atoms with van der Waals surface area (Å²) in [5.41, 5.74) is 1.63. The lowest BCUT2D eigenvalue weighted by Crippen LogP contribution is -2.34. The van der Waals surface area contributed by atoms with Gasteiger partial charge in [0.05, 0.1) is 22.2 Å². The number of urea groups is 1. The molecule has 1 aliphatic carbocycles. The van der Waals surface area contributed by atoms with Crippen LogP contribution in [0.2, 0.25) is 10.0 Å². The summed E-state index contributed by atoms with van der Waals surface area (Å²) < 4.78 is 4.94. The fraction of sp³-hybridized carbons (Fsp3) is 0.167. The molecular formula is C24H18Cl4N2O3. The molecule has 1 fully saturated rings. The molecule has 3 aromatic carbocycles. The van der Waals surface area contributed by atoms with Crippen molar-refractivity contribution in [3.05, 3.63) is 94.0 Å². The molecule has 0 heterocycles. The van der Waals surface area contributed by atoms with Crippen molar-refractivity contribution in [3.63, 3.8) is 0 Å². The quantitative estimate of drug-likeness (QED) is 0.344. The molecular weight excluding hydrogens is 506 g/mol. The maximum Gasteiger partial charge on any atom is 0.326 e. The zero-order valence-corrected chi connectivity index (χ0v) is 20.1. The van der Waals surface area contributed by atoms with Crippen molar-refractivity contribution in [2.75, 3.05) is 11.9 Å². The Kier molecular flexibility index (Phi) is 7.05. The monoisotopic (exact) mass is 522 g/mol. The first-order valence-corrected chi connectivity index (χ1v) is 11.5. The van der Waals surface area contributed by atoms with E-state index in [2.05, 4.69) is 10.6 Å². The minimum absolute atomic E-state index is 0.0268. The second-order valence-electron chi connectivity index (χ2n) is 7.51. The highest BCUT2D eigenvalue weighted by molar-refractivity contribution is 6.52. The maximum atomic E-state index is 12.2. The van der Waals surface area contributed by atoms with Gasteiger partial charge < -0.3 is 10.1 Å². The van der Waals surface area contributed by atoms with Gasteiger partial charge in [-0.25, -0.2) is 4.79 Å². The van der Waals surface area contributed by atoms with Crippen LogP contribution in [0, 0.1) is 5.92 Å². The van der Waals surface area contributed by atoms with E-state index in [1.54, 1.807) is 30.3 Å². The zero-order valence-electron chi connectivity index (χ0n) is 17.0. The van der Waals surface area contributed by atoms with Gasteiger partial charge in [-0.1, -0.05) is 65.7 Å². The minimum atomic E-state index is -0.901. The molecule has 2 unspecified atom stereocenters. The molecule has 5 nitrogen and oxygen atoms in total. The normalized spacial score (nSPS) is 18.3. The topological polar surface area (TPSA) is 67.4 Å². The van der Waals surface area contributed by atoms with Crippen LogP contribution in [0.5, 0.6) is 5.75 Å². The van der Waals surface area contributed by atoms with Crippen LogP contribution in [0.1, 0.15) is 21.8 Å². The molecule has 0 aromatic heterocycles. The predicted octanol–water partition coefficient (Wildman–Crippen LogP) is 6.92. The second-order valence-corrected chi connectivity index (χ2v) is 9.77. The zero-order chi connectivity index (χ0) is 23.6. The molecule has 0 spiro atoms. The Hall–Kier alpha value is -2.44. The Labute approximate surface area is 210 Å². The average molecular weight is 524 g/mol. The van der Waals surface area contributed by atoms with Crippen LogP contribution in [0.25, 0.3) is 0 Å². The number of imide groups is 1. The van der Waals surface area contributed by atoms with Crippen LogP contribution in [-0.4, -0.2) is 22.9 Å². The number of nitrogens with one attached hydrogen (secondary N) is 2. The lowest BCUT2D eigenvalue weighted by Gasteiger charge is -2.11. The van der Waals surface area contributed by atoms with E-state index in [0.29, 0.717) is 11.4 Å². The van der Waals surface area contributed by atoms with Gasteiger partial charge in [0.15, 0.2) is 0 Å². The van der Waals surface area contributed by atoms with E-state index < -0.39 is 16.3 Å². The third-order valence-electron chi connectivity index (χ3n) is 5.31. The van der Waals surface area contributed by atoms with E-state index in [9.17, 15) is 9.59 Å². The van der Waals surface area contributed by atoms with Crippen LogP contribution < -0.4 is 15.4 Å². The van der Waals surface area contributed by atoms with Gasteiger partial charge in [0.25, 0.3) is 5.91 Å². The van der Waals surface area contributed by atoms with Crippen LogP contribution >= 0.6 is 46.4 Å². The van der Waals surface area contributed by atoms with Crippen LogP contribution in [0.3, 0.4) is 0 Å². The predicted molar refractivity (Wildman–Crippen MR) is 132 cm³/mol. The lowest BCUT2D eigenvalue weighted by atomic mass is 10.1. The summed E-state index contributed by atoms with van der Waals surface area (Å²) in [6.07, 6.45) is 0. The van der Waals surface area contributed by atoms with Crippen LogP contribution in [0.15, 0.2) is 72.8 Å². The van der Waals surface area contributed by atoms with Crippen molar-refractivity contribution >= 4 is 64.0 Å². The van der Waals surface area contributed by atoms with Crippen molar-refractivity contribution in [1.29, 1.82) is 0 Å². The molecule has 170 valence electrons. The van der Waals surface area contributed by atoms with Gasteiger partial charge in [-0.15, -0.1) is 23.2 Å². The Bertz CT molecular complexity index is 1190. The fourth-order valence-electron chi connectivity index (χ4n) is 3.57.